The van der Waals surface area contributed by atoms with E-state index >= 15 is 0 Å². The Morgan fingerprint density at radius 1 is 0.795 bits per heavy atom. The molecule has 0 unspecified atom stereocenters. The fourth-order valence-electron chi connectivity index (χ4n) is 5.76. The number of piperazine rings is 1. The largest absolute Gasteiger partial charge is 0.457 e. The maximum absolute atomic E-state index is 6.24. The minimum atomic E-state index is -0.197. The van der Waals surface area contributed by atoms with E-state index in [0.717, 1.165) is 60.9 Å². The third-order valence-corrected chi connectivity index (χ3v) is 8.32. The van der Waals surface area contributed by atoms with Crippen LogP contribution < -0.4 is 4.74 Å². The molecule has 224 valence electrons. The molecular weight excluding hydrogens is 591 g/mol. The van der Waals surface area contributed by atoms with E-state index in [1.54, 1.807) is 18.2 Å². The Morgan fingerprint density at radius 3 is 2.23 bits per heavy atom. The summed E-state index contributed by atoms with van der Waals surface area (Å²) in [6, 6.07) is 29.8. The van der Waals surface area contributed by atoms with Gasteiger partial charge in [0, 0.05) is 42.8 Å². The summed E-state index contributed by atoms with van der Waals surface area (Å²) >= 11 is 12.5. The summed E-state index contributed by atoms with van der Waals surface area (Å²) in [5, 5.41) is 14.3. The van der Waals surface area contributed by atoms with Crippen LogP contribution >= 0.6 is 23.2 Å². The summed E-state index contributed by atoms with van der Waals surface area (Å²) < 4.78 is 8.12. The SMILES string of the molecule is Cc1cccc(C)c1-n1nnnc1[C@H](c1cccc(Oc2cc(Cl)cc(Cl)c2)c1)N1CCN(C/C=C/c2ccccc2)CC1. The summed E-state index contributed by atoms with van der Waals surface area (Å²) in [5.74, 6) is 2.03. The molecule has 0 radical (unpaired) electrons. The fraction of sp³-hybridized carbons (Fsp3) is 0.229. The van der Waals surface area contributed by atoms with Crippen LogP contribution in [0, 0.1) is 13.8 Å². The molecule has 1 aliphatic rings. The van der Waals surface area contributed by atoms with E-state index in [2.05, 4.69) is 106 Å². The number of para-hydroxylation sites is 1. The van der Waals surface area contributed by atoms with E-state index in [0.29, 0.717) is 21.5 Å². The molecule has 0 spiro atoms. The Morgan fingerprint density at radius 2 is 1.50 bits per heavy atom. The number of hydrogen-bond donors (Lipinski definition) is 0. The van der Waals surface area contributed by atoms with Gasteiger partial charge in [0.05, 0.1) is 11.7 Å². The number of aryl methyl sites for hydroxylation is 2. The normalized spacial score (nSPS) is 15.1. The molecule has 5 aromatic rings. The molecule has 0 saturated carbocycles. The Bertz CT molecular complexity index is 1710. The van der Waals surface area contributed by atoms with E-state index in [1.165, 1.54) is 5.56 Å². The topological polar surface area (TPSA) is 59.3 Å². The van der Waals surface area contributed by atoms with E-state index in [1.807, 2.05) is 22.9 Å². The Balaban J connectivity index is 1.30. The lowest BCUT2D eigenvalue weighted by Gasteiger charge is -2.38. The zero-order valence-electron chi connectivity index (χ0n) is 24.8. The highest BCUT2D eigenvalue weighted by atomic mass is 35.5. The van der Waals surface area contributed by atoms with Gasteiger partial charge < -0.3 is 4.74 Å². The monoisotopic (exact) mass is 624 g/mol. The Labute approximate surface area is 268 Å². The molecule has 1 fully saturated rings. The Kier molecular flexibility index (Phi) is 9.38. The molecule has 44 heavy (non-hydrogen) atoms. The number of aromatic nitrogens is 4. The Hall–Kier alpha value is -4.01. The van der Waals surface area contributed by atoms with Crippen molar-refractivity contribution in [1.82, 2.24) is 30.0 Å². The van der Waals surface area contributed by atoms with Gasteiger partial charge in [-0.05, 0) is 76.9 Å². The fourth-order valence-corrected chi connectivity index (χ4v) is 6.27. The molecule has 0 N–H and O–H groups in total. The molecule has 0 bridgehead atoms. The predicted molar refractivity (Wildman–Crippen MR) is 177 cm³/mol. The second-order valence-electron chi connectivity index (χ2n) is 11.0. The zero-order chi connectivity index (χ0) is 30.5. The molecule has 1 atom stereocenters. The molecule has 0 aliphatic carbocycles. The van der Waals surface area contributed by atoms with Crippen molar-refractivity contribution in [3.05, 3.63) is 135 Å². The lowest BCUT2D eigenvalue weighted by atomic mass is 10.0. The van der Waals surface area contributed by atoms with Gasteiger partial charge in [0.2, 0.25) is 0 Å². The van der Waals surface area contributed by atoms with Gasteiger partial charge in [0.25, 0.3) is 0 Å². The first-order valence-electron chi connectivity index (χ1n) is 14.7. The lowest BCUT2D eigenvalue weighted by Crippen LogP contribution is -2.48. The lowest BCUT2D eigenvalue weighted by molar-refractivity contribution is 0.113. The smallest absolute Gasteiger partial charge is 0.178 e. The van der Waals surface area contributed by atoms with E-state index in [-0.39, 0.29) is 6.04 Å². The van der Waals surface area contributed by atoms with Gasteiger partial charge in [-0.25, -0.2) is 0 Å². The number of benzene rings is 4. The second-order valence-corrected chi connectivity index (χ2v) is 11.9. The summed E-state index contributed by atoms with van der Waals surface area (Å²) in [7, 11) is 0. The minimum absolute atomic E-state index is 0.197. The number of halogens is 2. The average Bonchev–Trinajstić information content (AvgIpc) is 3.47. The first kappa shape index (κ1) is 30.0. The summed E-state index contributed by atoms with van der Waals surface area (Å²) in [6.45, 7) is 8.66. The van der Waals surface area contributed by atoms with Crippen molar-refractivity contribution >= 4 is 29.3 Å². The molecule has 6 rings (SSSR count). The third kappa shape index (κ3) is 7.03. The van der Waals surface area contributed by atoms with E-state index in [4.69, 9.17) is 27.9 Å². The van der Waals surface area contributed by atoms with Gasteiger partial charge in [-0.1, -0.05) is 96.0 Å². The molecule has 0 amide bonds. The van der Waals surface area contributed by atoms with Crippen LogP contribution in [-0.2, 0) is 0 Å². The summed E-state index contributed by atoms with van der Waals surface area (Å²) in [4.78, 5) is 4.94. The van der Waals surface area contributed by atoms with Crippen molar-refractivity contribution in [1.29, 1.82) is 0 Å². The molecule has 1 aliphatic heterocycles. The maximum atomic E-state index is 6.24. The third-order valence-electron chi connectivity index (χ3n) is 7.88. The number of hydrogen-bond acceptors (Lipinski definition) is 6. The van der Waals surface area contributed by atoms with Gasteiger partial charge in [-0.15, -0.1) is 5.10 Å². The van der Waals surface area contributed by atoms with Gasteiger partial charge in [-0.3, -0.25) is 9.80 Å². The van der Waals surface area contributed by atoms with Crippen LogP contribution in [0.4, 0.5) is 0 Å². The number of rotatable bonds is 9. The van der Waals surface area contributed by atoms with Crippen molar-refractivity contribution in [3.8, 4) is 17.2 Å². The first-order valence-corrected chi connectivity index (χ1v) is 15.5. The molecule has 2 heterocycles. The van der Waals surface area contributed by atoms with Crippen molar-refractivity contribution in [3.63, 3.8) is 0 Å². The minimum Gasteiger partial charge on any atom is -0.457 e. The second kappa shape index (κ2) is 13.7. The van der Waals surface area contributed by atoms with Gasteiger partial charge in [-0.2, -0.15) is 4.68 Å². The van der Waals surface area contributed by atoms with Crippen LogP contribution in [0.3, 0.4) is 0 Å². The standard InChI is InChI=1S/C35H34Cl2N6O/c1-25-9-6-10-26(2)33(25)43-35(38-39-40-43)34(28-14-7-15-31(21-28)44-32-23-29(36)22-30(37)24-32)42-19-17-41(18-20-42)16-8-13-27-11-4-3-5-12-27/h3-15,21-24,34H,16-20H2,1-2H3/b13-8+/t34-/m0/s1. The van der Waals surface area contributed by atoms with Gasteiger partial charge >= 0.3 is 0 Å². The zero-order valence-corrected chi connectivity index (χ0v) is 26.3. The molecule has 4 aromatic carbocycles. The number of nitrogens with zero attached hydrogens (tertiary/aromatic N) is 6. The molecule has 7 nitrogen and oxygen atoms in total. The van der Waals surface area contributed by atoms with Crippen molar-refractivity contribution < 1.29 is 4.74 Å². The number of tetrazole rings is 1. The van der Waals surface area contributed by atoms with Crippen LogP contribution in [0.15, 0.2) is 97.1 Å². The van der Waals surface area contributed by atoms with Crippen LogP contribution in [-0.4, -0.2) is 62.7 Å². The molecule has 9 heteroatoms. The maximum Gasteiger partial charge on any atom is 0.178 e. The highest BCUT2D eigenvalue weighted by Crippen LogP contribution is 2.34. The predicted octanol–water partition coefficient (Wildman–Crippen LogP) is 7.80. The van der Waals surface area contributed by atoms with Gasteiger partial charge in [0.15, 0.2) is 5.82 Å². The highest BCUT2D eigenvalue weighted by Gasteiger charge is 2.31. The molecule has 1 aromatic heterocycles. The van der Waals surface area contributed by atoms with E-state index < -0.39 is 0 Å². The summed E-state index contributed by atoms with van der Waals surface area (Å²) in [5.41, 5.74) is 5.48. The van der Waals surface area contributed by atoms with Crippen LogP contribution in [0.25, 0.3) is 11.8 Å². The van der Waals surface area contributed by atoms with Gasteiger partial charge in [0.1, 0.15) is 11.5 Å². The first-order chi connectivity index (χ1) is 21.4. The van der Waals surface area contributed by atoms with Crippen molar-refractivity contribution in [2.75, 3.05) is 32.7 Å². The van der Waals surface area contributed by atoms with Crippen LogP contribution in [0.1, 0.15) is 34.1 Å². The molecular formula is C35H34Cl2N6O. The van der Waals surface area contributed by atoms with Crippen molar-refractivity contribution in [2.24, 2.45) is 0 Å². The average molecular weight is 626 g/mol. The molecule has 1 saturated heterocycles. The quantitative estimate of drug-likeness (QED) is 0.167. The van der Waals surface area contributed by atoms with E-state index in [9.17, 15) is 0 Å². The highest BCUT2D eigenvalue weighted by molar-refractivity contribution is 6.34. The number of ether oxygens (including phenoxy) is 1. The van der Waals surface area contributed by atoms with Crippen LogP contribution in [0.5, 0.6) is 11.5 Å². The van der Waals surface area contributed by atoms with Crippen molar-refractivity contribution in [2.45, 2.75) is 19.9 Å². The summed E-state index contributed by atoms with van der Waals surface area (Å²) in [6.07, 6.45) is 4.43. The van der Waals surface area contributed by atoms with Crippen LogP contribution in [0.2, 0.25) is 10.0 Å².